The highest BCUT2D eigenvalue weighted by Crippen LogP contribution is 2.17. The van der Waals surface area contributed by atoms with Gasteiger partial charge in [0, 0.05) is 23.6 Å². The number of hydrogen-bond acceptors (Lipinski definition) is 5. The summed E-state index contributed by atoms with van der Waals surface area (Å²) in [5, 5.41) is 3.09. The lowest BCUT2D eigenvalue weighted by molar-refractivity contribution is 0.581. The maximum atomic E-state index is 12.4. The molecule has 0 unspecified atom stereocenters. The molecule has 0 spiro atoms. The van der Waals surface area contributed by atoms with Crippen LogP contribution < -0.4 is 10.0 Å². The molecule has 0 fully saturated rings. The highest BCUT2D eigenvalue weighted by Gasteiger charge is 2.13. The standard InChI is InChI=1S/C20H22N4O2S/c1-15-14-16(2)23-20(22-15)24-18-8-10-19(11-9-18)27(25,26)21-13-12-17-6-4-3-5-7-17/h3-11,14,21H,12-13H2,1-2H3,(H,22,23,24). The van der Waals surface area contributed by atoms with Crippen LogP contribution in [0.15, 0.2) is 65.6 Å². The Kier molecular flexibility index (Phi) is 5.83. The van der Waals surface area contributed by atoms with Gasteiger partial charge in [-0.25, -0.2) is 23.1 Å². The molecule has 0 bridgehead atoms. The van der Waals surface area contributed by atoms with E-state index in [1.54, 1.807) is 24.3 Å². The van der Waals surface area contributed by atoms with Crippen LogP contribution in [-0.2, 0) is 16.4 Å². The first-order valence-electron chi connectivity index (χ1n) is 8.65. The van der Waals surface area contributed by atoms with Crippen LogP contribution in [0.2, 0.25) is 0 Å². The first-order chi connectivity index (χ1) is 12.9. The van der Waals surface area contributed by atoms with Gasteiger partial charge in [-0.2, -0.15) is 0 Å². The fraction of sp³-hybridized carbons (Fsp3) is 0.200. The normalized spacial score (nSPS) is 11.3. The smallest absolute Gasteiger partial charge is 0.240 e. The molecule has 3 aromatic rings. The Balaban J connectivity index is 1.63. The molecule has 0 atom stereocenters. The number of nitrogens with zero attached hydrogens (tertiary/aromatic N) is 2. The third-order valence-corrected chi connectivity index (χ3v) is 5.43. The van der Waals surface area contributed by atoms with Gasteiger partial charge in [-0.3, -0.25) is 0 Å². The summed E-state index contributed by atoms with van der Waals surface area (Å²) >= 11 is 0. The van der Waals surface area contributed by atoms with Crippen LogP contribution in [0.5, 0.6) is 0 Å². The Morgan fingerprint density at radius 1 is 0.889 bits per heavy atom. The Morgan fingerprint density at radius 2 is 1.52 bits per heavy atom. The summed E-state index contributed by atoms with van der Waals surface area (Å²) < 4.78 is 27.5. The lowest BCUT2D eigenvalue weighted by Gasteiger charge is -2.09. The zero-order valence-electron chi connectivity index (χ0n) is 15.3. The van der Waals surface area contributed by atoms with Crippen LogP contribution >= 0.6 is 0 Å². The van der Waals surface area contributed by atoms with Gasteiger partial charge in [0.2, 0.25) is 16.0 Å². The molecular weight excluding hydrogens is 360 g/mol. The van der Waals surface area contributed by atoms with E-state index in [-0.39, 0.29) is 4.90 Å². The molecule has 2 N–H and O–H groups in total. The second-order valence-electron chi connectivity index (χ2n) is 6.26. The summed E-state index contributed by atoms with van der Waals surface area (Å²) in [5.74, 6) is 0.490. The molecule has 0 aliphatic carbocycles. The molecule has 2 aromatic carbocycles. The summed E-state index contributed by atoms with van der Waals surface area (Å²) in [5.41, 5.74) is 3.55. The third kappa shape index (κ3) is 5.35. The van der Waals surface area contributed by atoms with E-state index in [1.165, 1.54) is 0 Å². The zero-order valence-corrected chi connectivity index (χ0v) is 16.1. The van der Waals surface area contributed by atoms with Gasteiger partial charge in [0.05, 0.1) is 4.90 Å². The minimum atomic E-state index is -3.54. The molecule has 0 radical (unpaired) electrons. The van der Waals surface area contributed by atoms with Crippen LogP contribution in [0.25, 0.3) is 0 Å². The van der Waals surface area contributed by atoms with Gasteiger partial charge in [0.15, 0.2) is 0 Å². The first kappa shape index (κ1) is 19.0. The fourth-order valence-corrected chi connectivity index (χ4v) is 3.72. The van der Waals surface area contributed by atoms with Crippen molar-refractivity contribution in [2.24, 2.45) is 0 Å². The molecule has 0 aliphatic rings. The topological polar surface area (TPSA) is 84.0 Å². The average molecular weight is 382 g/mol. The minimum absolute atomic E-state index is 0.224. The van der Waals surface area contributed by atoms with Gasteiger partial charge in [0.25, 0.3) is 0 Å². The van der Waals surface area contributed by atoms with Crippen LogP contribution in [0.1, 0.15) is 17.0 Å². The van der Waals surface area contributed by atoms with E-state index in [4.69, 9.17) is 0 Å². The Labute approximate surface area is 159 Å². The van der Waals surface area contributed by atoms with Crippen LogP contribution in [0.3, 0.4) is 0 Å². The number of sulfonamides is 1. The molecule has 0 saturated carbocycles. The molecule has 7 heteroatoms. The van der Waals surface area contributed by atoms with Gasteiger partial charge in [-0.05, 0) is 56.2 Å². The van der Waals surface area contributed by atoms with Gasteiger partial charge in [0.1, 0.15) is 0 Å². The van der Waals surface area contributed by atoms with E-state index >= 15 is 0 Å². The van der Waals surface area contributed by atoms with Gasteiger partial charge >= 0.3 is 0 Å². The van der Waals surface area contributed by atoms with E-state index in [2.05, 4.69) is 20.0 Å². The summed E-state index contributed by atoms with van der Waals surface area (Å²) in [6.45, 7) is 4.15. The summed E-state index contributed by atoms with van der Waals surface area (Å²) in [4.78, 5) is 8.86. The van der Waals surface area contributed by atoms with Gasteiger partial charge < -0.3 is 5.32 Å². The largest absolute Gasteiger partial charge is 0.324 e. The van der Waals surface area contributed by atoms with E-state index < -0.39 is 10.0 Å². The lowest BCUT2D eigenvalue weighted by Crippen LogP contribution is -2.25. The highest BCUT2D eigenvalue weighted by atomic mass is 32.2. The quantitative estimate of drug-likeness (QED) is 0.655. The number of hydrogen-bond donors (Lipinski definition) is 2. The van der Waals surface area contributed by atoms with Gasteiger partial charge in [-0.1, -0.05) is 30.3 Å². The number of benzene rings is 2. The minimum Gasteiger partial charge on any atom is -0.324 e. The second-order valence-corrected chi connectivity index (χ2v) is 8.02. The molecule has 27 heavy (non-hydrogen) atoms. The number of aromatic nitrogens is 2. The van der Waals surface area contributed by atoms with Crippen LogP contribution in [-0.4, -0.2) is 24.9 Å². The van der Waals surface area contributed by atoms with Crippen molar-refractivity contribution in [1.82, 2.24) is 14.7 Å². The summed E-state index contributed by atoms with van der Waals surface area (Å²) in [6, 6.07) is 18.2. The lowest BCUT2D eigenvalue weighted by atomic mass is 10.2. The van der Waals surface area contributed by atoms with Crippen molar-refractivity contribution in [3.05, 3.63) is 77.6 Å². The first-order valence-corrected chi connectivity index (χ1v) is 10.1. The Bertz CT molecular complexity index is 984. The molecule has 140 valence electrons. The van der Waals surface area contributed by atoms with Crippen molar-refractivity contribution in [3.63, 3.8) is 0 Å². The van der Waals surface area contributed by atoms with Crippen molar-refractivity contribution < 1.29 is 8.42 Å². The highest BCUT2D eigenvalue weighted by molar-refractivity contribution is 7.89. The predicted octanol–water partition coefficient (Wildman–Crippen LogP) is 3.36. The molecule has 1 aromatic heterocycles. The van der Waals surface area contributed by atoms with Gasteiger partial charge in [-0.15, -0.1) is 0 Å². The molecule has 3 rings (SSSR count). The zero-order chi connectivity index (χ0) is 19.3. The van der Waals surface area contributed by atoms with Crippen LogP contribution in [0.4, 0.5) is 11.6 Å². The van der Waals surface area contributed by atoms with E-state index in [0.717, 1.165) is 22.6 Å². The molecule has 1 heterocycles. The van der Waals surface area contributed by atoms with Crippen molar-refractivity contribution in [2.45, 2.75) is 25.2 Å². The Morgan fingerprint density at radius 3 is 2.15 bits per heavy atom. The number of aryl methyl sites for hydroxylation is 2. The number of anilines is 2. The van der Waals surface area contributed by atoms with Crippen molar-refractivity contribution >= 4 is 21.7 Å². The maximum Gasteiger partial charge on any atom is 0.240 e. The second kappa shape index (κ2) is 8.28. The summed E-state index contributed by atoms with van der Waals surface area (Å²) in [7, 11) is -3.54. The predicted molar refractivity (Wildman–Crippen MR) is 107 cm³/mol. The van der Waals surface area contributed by atoms with Crippen molar-refractivity contribution in [1.29, 1.82) is 0 Å². The van der Waals surface area contributed by atoms with Crippen LogP contribution in [0, 0.1) is 13.8 Å². The monoisotopic (exact) mass is 382 g/mol. The number of nitrogens with one attached hydrogen (secondary N) is 2. The summed E-state index contributed by atoms with van der Waals surface area (Å²) in [6.07, 6.45) is 0.643. The fourth-order valence-electron chi connectivity index (χ4n) is 2.69. The molecule has 6 nitrogen and oxygen atoms in total. The van der Waals surface area contributed by atoms with E-state index in [9.17, 15) is 8.42 Å². The molecule has 0 aliphatic heterocycles. The maximum absolute atomic E-state index is 12.4. The third-order valence-electron chi connectivity index (χ3n) is 3.95. The van der Waals surface area contributed by atoms with Crippen molar-refractivity contribution in [2.75, 3.05) is 11.9 Å². The Hall–Kier alpha value is -2.77. The van der Waals surface area contributed by atoms with Crippen molar-refractivity contribution in [3.8, 4) is 0 Å². The number of rotatable bonds is 7. The molecular formula is C20H22N4O2S. The molecule has 0 amide bonds. The SMILES string of the molecule is Cc1cc(C)nc(Nc2ccc(S(=O)(=O)NCCc3ccccc3)cc2)n1. The molecule has 0 saturated heterocycles. The average Bonchev–Trinajstić information content (AvgIpc) is 2.62. The van der Waals surface area contributed by atoms with E-state index in [0.29, 0.717) is 18.9 Å². The van der Waals surface area contributed by atoms with E-state index in [1.807, 2.05) is 50.2 Å².